The Morgan fingerprint density at radius 1 is 1.00 bits per heavy atom. The third-order valence-corrected chi connectivity index (χ3v) is 6.47. The Kier molecular flexibility index (Phi) is 7.75. The second kappa shape index (κ2) is 10.5. The van der Waals surface area contributed by atoms with Crippen molar-refractivity contribution >= 4 is 38.6 Å². The van der Waals surface area contributed by atoms with Gasteiger partial charge < -0.3 is 9.47 Å². The molecule has 0 radical (unpaired) electrons. The summed E-state index contributed by atoms with van der Waals surface area (Å²) in [5.74, 6) is -1.63. The summed E-state index contributed by atoms with van der Waals surface area (Å²) in [7, 11) is -4.00. The first-order chi connectivity index (χ1) is 16.1. The largest absolute Gasteiger partial charge is 0.462 e. The Balaban J connectivity index is 1.73. The Bertz CT molecular complexity index is 1350. The molecule has 0 atom stereocenters. The molecule has 0 aliphatic rings. The smallest absolute Gasteiger partial charge is 0.340 e. The molecule has 0 unspecified atom stereocenters. The molecule has 0 amide bonds. The predicted molar refractivity (Wildman–Crippen MR) is 124 cm³/mol. The average Bonchev–Trinajstić information content (AvgIpc) is 2.81. The first kappa shape index (κ1) is 25.0. The number of nitrogens with zero attached hydrogens (tertiary/aromatic N) is 1. The summed E-state index contributed by atoms with van der Waals surface area (Å²) in [6.07, 6.45) is 0. The molecular formula is C24H24N2O7S. The van der Waals surface area contributed by atoms with Crippen LogP contribution in [0.1, 0.15) is 45.8 Å². The molecule has 0 saturated heterocycles. The molecule has 2 aromatic carbocycles. The third-order valence-electron chi connectivity index (χ3n) is 5.05. The topological polar surface area (TPSA) is 129 Å². The lowest BCUT2D eigenvalue weighted by Gasteiger charge is -2.14. The van der Waals surface area contributed by atoms with Gasteiger partial charge in [-0.25, -0.2) is 18.2 Å². The van der Waals surface area contributed by atoms with Crippen LogP contribution >= 0.6 is 0 Å². The number of rotatable bonds is 9. The predicted octanol–water partition coefficient (Wildman–Crippen LogP) is 2.94. The first-order valence-corrected chi connectivity index (χ1v) is 11.9. The van der Waals surface area contributed by atoms with E-state index in [0.717, 1.165) is 5.39 Å². The Hall–Kier alpha value is -3.63. The molecule has 0 aliphatic carbocycles. The van der Waals surface area contributed by atoms with Crippen molar-refractivity contribution in [3.63, 3.8) is 0 Å². The number of aromatic nitrogens is 1. The van der Waals surface area contributed by atoms with Gasteiger partial charge in [0.1, 0.15) is 13.2 Å². The molecule has 0 fully saturated rings. The average molecular weight is 485 g/mol. The number of benzene rings is 2. The van der Waals surface area contributed by atoms with E-state index in [1.807, 2.05) is 12.1 Å². The van der Waals surface area contributed by atoms with Gasteiger partial charge in [-0.1, -0.05) is 30.3 Å². The minimum Gasteiger partial charge on any atom is -0.462 e. The van der Waals surface area contributed by atoms with E-state index in [1.54, 1.807) is 26.0 Å². The van der Waals surface area contributed by atoms with Crippen LogP contribution in [-0.4, -0.2) is 44.3 Å². The number of nitrogens with one attached hydrogen (secondary N) is 1. The molecule has 1 N–H and O–H groups in total. The third kappa shape index (κ3) is 5.64. The van der Waals surface area contributed by atoms with Crippen LogP contribution in [0.5, 0.6) is 0 Å². The van der Waals surface area contributed by atoms with Gasteiger partial charge in [0.15, 0.2) is 5.78 Å². The van der Waals surface area contributed by atoms with E-state index in [-0.39, 0.29) is 35.1 Å². The molecule has 1 heterocycles. The van der Waals surface area contributed by atoms with Gasteiger partial charge >= 0.3 is 11.9 Å². The van der Waals surface area contributed by atoms with Crippen molar-refractivity contribution in [2.75, 3.05) is 13.2 Å². The van der Waals surface area contributed by atoms with Crippen LogP contribution in [0, 0.1) is 6.92 Å². The van der Waals surface area contributed by atoms with Gasteiger partial charge in [-0.15, -0.1) is 0 Å². The number of para-hydroxylation sites is 1. The molecule has 3 rings (SSSR count). The van der Waals surface area contributed by atoms with Crippen molar-refractivity contribution in [3.8, 4) is 0 Å². The zero-order valence-electron chi connectivity index (χ0n) is 19.0. The van der Waals surface area contributed by atoms with E-state index >= 15 is 0 Å². The van der Waals surface area contributed by atoms with Crippen LogP contribution in [0.25, 0.3) is 10.9 Å². The van der Waals surface area contributed by atoms with Gasteiger partial charge in [0, 0.05) is 10.9 Å². The van der Waals surface area contributed by atoms with Crippen molar-refractivity contribution in [1.29, 1.82) is 0 Å². The second-order valence-corrected chi connectivity index (χ2v) is 9.13. The number of carbonyl (C=O) groups excluding carboxylic acids is 3. The van der Waals surface area contributed by atoms with Gasteiger partial charge in [0.05, 0.1) is 28.3 Å². The lowest BCUT2D eigenvalue weighted by Crippen LogP contribution is -2.31. The fourth-order valence-electron chi connectivity index (χ4n) is 3.33. The van der Waals surface area contributed by atoms with Gasteiger partial charge in [0.2, 0.25) is 10.0 Å². The fraction of sp³-hybridized carbons (Fsp3) is 0.250. The molecule has 0 saturated carbocycles. The summed E-state index contributed by atoms with van der Waals surface area (Å²) in [4.78, 5) is 40.5. The Morgan fingerprint density at radius 2 is 1.68 bits per heavy atom. The van der Waals surface area contributed by atoms with Crippen LogP contribution in [0.4, 0.5) is 0 Å². The molecule has 34 heavy (non-hydrogen) atoms. The molecule has 0 bridgehead atoms. The minimum atomic E-state index is -4.00. The number of ether oxygens (including phenoxy) is 2. The van der Waals surface area contributed by atoms with Gasteiger partial charge in [0.25, 0.3) is 0 Å². The van der Waals surface area contributed by atoms with E-state index < -0.39 is 28.5 Å². The number of aryl methyl sites for hydroxylation is 1. The molecule has 9 nitrogen and oxygen atoms in total. The molecule has 3 aromatic rings. The Labute approximate surface area is 197 Å². The second-order valence-electron chi connectivity index (χ2n) is 7.36. The van der Waals surface area contributed by atoms with Crippen molar-refractivity contribution in [1.82, 2.24) is 9.71 Å². The monoisotopic (exact) mass is 484 g/mol. The molecular weight excluding hydrogens is 460 g/mol. The van der Waals surface area contributed by atoms with Crippen LogP contribution < -0.4 is 4.72 Å². The van der Waals surface area contributed by atoms with E-state index in [1.165, 1.54) is 31.2 Å². The number of pyridine rings is 1. The number of sulfonamides is 1. The highest BCUT2D eigenvalue weighted by molar-refractivity contribution is 7.89. The zero-order valence-corrected chi connectivity index (χ0v) is 19.8. The molecule has 1 aromatic heterocycles. The number of Topliss-reactive ketones (excluding diaryl/α,β-unsaturated/α-hetero) is 1. The zero-order chi connectivity index (χ0) is 24.9. The van der Waals surface area contributed by atoms with E-state index in [9.17, 15) is 22.8 Å². The maximum absolute atomic E-state index is 12.5. The highest BCUT2D eigenvalue weighted by atomic mass is 32.2. The first-order valence-electron chi connectivity index (χ1n) is 10.5. The fourth-order valence-corrected chi connectivity index (χ4v) is 4.29. The minimum absolute atomic E-state index is 0.0956. The lowest BCUT2D eigenvalue weighted by atomic mass is 10.0. The molecule has 178 valence electrons. The van der Waals surface area contributed by atoms with Crippen molar-refractivity contribution in [2.45, 2.75) is 32.3 Å². The van der Waals surface area contributed by atoms with Crippen molar-refractivity contribution in [3.05, 3.63) is 70.9 Å². The summed E-state index contributed by atoms with van der Waals surface area (Å²) in [5, 5.41) is 0.768. The summed E-state index contributed by atoms with van der Waals surface area (Å²) in [6.45, 7) is 4.01. The maximum atomic E-state index is 12.5. The summed E-state index contributed by atoms with van der Waals surface area (Å²) in [6, 6.07) is 12.6. The van der Waals surface area contributed by atoms with Crippen LogP contribution in [0.15, 0.2) is 53.4 Å². The van der Waals surface area contributed by atoms with E-state index in [0.29, 0.717) is 16.6 Å². The highest BCUT2D eigenvalue weighted by Crippen LogP contribution is 2.24. The van der Waals surface area contributed by atoms with Gasteiger partial charge in [-0.2, -0.15) is 4.72 Å². The number of ketones is 1. The van der Waals surface area contributed by atoms with Gasteiger partial charge in [-0.05, 0) is 44.5 Å². The van der Waals surface area contributed by atoms with Crippen LogP contribution in [0.2, 0.25) is 0 Å². The molecule has 0 aliphatic heterocycles. The van der Waals surface area contributed by atoms with E-state index in [2.05, 4.69) is 9.71 Å². The molecule has 10 heteroatoms. The Morgan fingerprint density at radius 3 is 2.32 bits per heavy atom. The van der Waals surface area contributed by atoms with Crippen molar-refractivity contribution < 1.29 is 32.3 Å². The normalized spacial score (nSPS) is 11.3. The quantitative estimate of drug-likeness (QED) is 0.363. The SMILES string of the molecule is CCOC(=O)c1c(COC(=O)CNS(=O)(=O)c2ccc(C(C)=O)cc2)nc2ccccc2c1C. The number of carbonyl (C=O) groups is 3. The van der Waals surface area contributed by atoms with Gasteiger partial charge in [-0.3, -0.25) is 9.59 Å². The standard InChI is InChI=1S/C24H24N2O7S/c1-4-32-24(29)23-15(2)19-7-5-6-8-20(19)26-21(23)14-33-22(28)13-25-34(30,31)18-11-9-17(10-12-18)16(3)27/h5-12,25H,4,13-14H2,1-3H3. The van der Waals surface area contributed by atoms with Crippen LogP contribution in [-0.2, 0) is 30.9 Å². The van der Waals surface area contributed by atoms with Crippen molar-refractivity contribution in [2.24, 2.45) is 0 Å². The number of fused-ring (bicyclic) bond motifs is 1. The lowest BCUT2D eigenvalue weighted by molar-refractivity contribution is -0.143. The summed E-state index contributed by atoms with van der Waals surface area (Å²) < 4.78 is 37.3. The summed E-state index contributed by atoms with van der Waals surface area (Å²) in [5.41, 5.74) is 2.05. The van der Waals surface area contributed by atoms with Crippen LogP contribution in [0.3, 0.4) is 0 Å². The summed E-state index contributed by atoms with van der Waals surface area (Å²) >= 11 is 0. The number of hydrogen-bond donors (Lipinski definition) is 1. The number of hydrogen-bond acceptors (Lipinski definition) is 8. The number of esters is 2. The van der Waals surface area contributed by atoms with E-state index in [4.69, 9.17) is 9.47 Å². The maximum Gasteiger partial charge on any atom is 0.340 e. The highest BCUT2D eigenvalue weighted by Gasteiger charge is 2.22. The molecule has 0 spiro atoms.